The molecule has 0 saturated carbocycles. The Kier molecular flexibility index (Phi) is 10.3. The molecule has 6 heteroatoms. The molecule has 3 nitrogen and oxygen atoms in total. The molecule has 0 radical (unpaired) electrons. The van der Waals surface area contributed by atoms with Gasteiger partial charge in [0, 0.05) is 6.04 Å². The molecule has 3 aromatic carbocycles. The second-order valence-electron chi connectivity index (χ2n) is 6.49. The summed E-state index contributed by atoms with van der Waals surface area (Å²) in [7, 11) is 1.68. The van der Waals surface area contributed by atoms with Gasteiger partial charge in [-0.3, -0.25) is 0 Å². The molecule has 0 amide bonds. The lowest BCUT2D eigenvalue weighted by Gasteiger charge is -2.13. The van der Waals surface area contributed by atoms with Crippen LogP contribution in [-0.4, -0.2) is 20.2 Å². The first kappa shape index (κ1) is 24.2. The Balaban J connectivity index is 0.00000196. The van der Waals surface area contributed by atoms with Gasteiger partial charge in [0.15, 0.2) is 0 Å². The minimum atomic E-state index is -0.229. The molecule has 3 N–H and O–H groups in total. The minimum absolute atomic E-state index is 0. The van der Waals surface area contributed by atoms with E-state index in [9.17, 15) is 4.39 Å². The summed E-state index contributed by atoms with van der Waals surface area (Å²) in [6.45, 7) is 1.74. The van der Waals surface area contributed by atoms with Crippen molar-refractivity contribution in [1.29, 1.82) is 0 Å². The number of ether oxygens (including phenoxy) is 1. The average Bonchev–Trinajstić information content (AvgIpc) is 2.67. The number of fused-ring (bicyclic) bond motifs is 1. The fraction of sp³-hybridized carbons (Fsp3) is 0.273. The van der Waals surface area contributed by atoms with E-state index in [1.54, 1.807) is 19.2 Å². The second-order valence-corrected chi connectivity index (χ2v) is 6.49. The highest BCUT2D eigenvalue weighted by Crippen LogP contribution is 2.22. The van der Waals surface area contributed by atoms with Crippen LogP contribution in [0.25, 0.3) is 10.8 Å². The van der Waals surface area contributed by atoms with Gasteiger partial charge in [-0.15, -0.1) is 24.8 Å². The van der Waals surface area contributed by atoms with Crippen LogP contribution in [0.4, 0.5) is 4.39 Å². The number of halogens is 3. The number of hydrogen-bond acceptors (Lipinski definition) is 3. The van der Waals surface area contributed by atoms with Gasteiger partial charge in [-0.1, -0.05) is 36.4 Å². The summed E-state index contributed by atoms with van der Waals surface area (Å²) in [4.78, 5) is 0. The molecular formula is C22H27Cl2FN2O. The van der Waals surface area contributed by atoms with Crippen LogP contribution in [0.15, 0.2) is 60.7 Å². The Morgan fingerprint density at radius 1 is 0.929 bits per heavy atom. The third kappa shape index (κ3) is 6.64. The third-order valence-corrected chi connectivity index (χ3v) is 4.63. The van der Waals surface area contributed by atoms with E-state index in [-0.39, 0.29) is 36.7 Å². The third-order valence-electron chi connectivity index (χ3n) is 4.63. The van der Waals surface area contributed by atoms with Crippen LogP contribution >= 0.6 is 24.8 Å². The first-order valence-corrected chi connectivity index (χ1v) is 8.94. The molecule has 1 unspecified atom stereocenters. The summed E-state index contributed by atoms with van der Waals surface area (Å²) in [5.74, 6) is 0.650. The van der Waals surface area contributed by atoms with Crippen LogP contribution in [0, 0.1) is 5.82 Å². The van der Waals surface area contributed by atoms with Gasteiger partial charge in [0.05, 0.1) is 7.11 Å². The Morgan fingerprint density at radius 2 is 1.61 bits per heavy atom. The van der Waals surface area contributed by atoms with Gasteiger partial charge in [-0.2, -0.15) is 0 Å². The zero-order chi connectivity index (χ0) is 18.4. The number of methoxy groups -OCH3 is 1. The van der Waals surface area contributed by atoms with E-state index >= 15 is 0 Å². The molecule has 152 valence electrons. The van der Waals surface area contributed by atoms with Crippen molar-refractivity contribution < 1.29 is 9.13 Å². The largest absolute Gasteiger partial charge is 0.497 e. The van der Waals surface area contributed by atoms with Gasteiger partial charge < -0.3 is 15.8 Å². The monoisotopic (exact) mass is 424 g/mol. The summed E-state index contributed by atoms with van der Waals surface area (Å²) in [6, 6.07) is 19.0. The van der Waals surface area contributed by atoms with E-state index < -0.39 is 0 Å². The van der Waals surface area contributed by atoms with Crippen molar-refractivity contribution >= 4 is 35.6 Å². The van der Waals surface area contributed by atoms with E-state index in [0.717, 1.165) is 37.2 Å². The van der Waals surface area contributed by atoms with E-state index in [0.29, 0.717) is 0 Å². The number of benzene rings is 3. The number of hydrogen-bond donors (Lipinski definition) is 2. The predicted molar refractivity (Wildman–Crippen MR) is 120 cm³/mol. The SMILES string of the molecule is COc1ccc2cc(CCNCCC(N)c3ccc(F)cc3)ccc2c1.Cl.Cl. The average molecular weight is 425 g/mol. The van der Waals surface area contributed by atoms with Crippen LogP contribution in [0.1, 0.15) is 23.6 Å². The number of nitrogens with one attached hydrogen (secondary N) is 1. The summed E-state index contributed by atoms with van der Waals surface area (Å²) in [5.41, 5.74) is 8.43. The summed E-state index contributed by atoms with van der Waals surface area (Å²) < 4.78 is 18.2. The Hall–Kier alpha value is -1.85. The van der Waals surface area contributed by atoms with Gasteiger partial charge in [0.1, 0.15) is 11.6 Å². The molecule has 0 aromatic heterocycles. The van der Waals surface area contributed by atoms with E-state index in [1.807, 2.05) is 12.1 Å². The van der Waals surface area contributed by atoms with E-state index in [2.05, 4.69) is 29.6 Å². The van der Waals surface area contributed by atoms with Crippen molar-refractivity contribution in [2.75, 3.05) is 20.2 Å². The highest BCUT2D eigenvalue weighted by atomic mass is 35.5. The van der Waals surface area contributed by atoms with Crippen molar-refractivity contribution in [1.82, 2.24) is 5.32 Å². The summed E-state index contributed by atoms with van der Waals surface area (Å²) >= 11 is 0. The molecule has 1 atom stereocenters. The maximum Gasteiger partial charge on any atom is 0.123 e. The number of rotatable bonds is 8. The Morgan fingerprint density at radius 3 is 2.32 bits per heavy atom. The molecule has 0 bridgehead atoms. The van der Waals surface area contributed by atoms with E-state index in [4.69, 9.17) is 10.5 Å². The first-order chi connectivity index (χ1) is 12.7. The highest BCUT2D eigenvalue weighted by Gasteiger charge is 2.05. The molecular weight excluding hydrogens is 398 g/mol. The molecule has 0 aliphatic heterocycles. The molecule has 0 fully saturated rings. The second kappa shape index (κ2) is 11.9. The van der Waals surface area contributed by atoms with Gasteiger partial charge in [0.25, 0.3) is 0 Å². The minimum Gasteiger partial charge on any atom is -0.497 e. The zero-order valence-corrected chi connectivity index (χ0v) is 17.5. The fourth-order valence-electron chi connectivity index (χ4n) is 3.05. The molecule has 0 aliphatic rings. The fourth-order valence-corrected chi connectivity index (χ4v) is 3.05. The molecule has 0 spiro atoms. The normalized spacial score (nSPS) is 11.4. The van der Waals surface area contributed by atoms with Crippen LogP contribution < -0.4 is 15.8 Å². The highest BCUT2D eigenvalue weighted by molar-refractivity contribution is 5.86. The summed E-state index contributed by atoms with van der Waals surface area (Å²) in [6.07, 6.45) is 1.79. The first-order valence-electron chi connectivity index (χ1n) is 8.94. The van der Waals surface area contributed by atoms with E-state index in [1.165, 1.54) is 28.5 Å². The summed E-state index contributed by atoms with van der Waals surface area (Å²) in [5, 5.41) is 5.85. The quantitative estimate of drug-likeness (QED) is 0.497. The smallest absolute Gasteiger partial charge is 0.123 e. The lowest BCUT2D eigenvalue weighted by atomic mass is 10.0. The van der Waals surface area contributed by atoms with Crippen LogP contribution in [0.2, 0.25) is 0 Å². The molecule has 3 rings (SSSR count). The van der Waals surface area contributed by atoms with Crippen molar-refractivity contribution in [3.8, 4) is 5.75 Å². The van der Waals surface area contributed by atoms with Crippen molar-refractivity contribution in [2.24, 2.45) is 5.73 Å². The van der Waals surface area contributed by atoms with Crippen molar-refractivity contribution in [3.05, 3.63) is 77.6 Å². The lowest BCUT2D eigenvalue weighted by Crippen LogP contribution is -2.23. The molecule has 3 aromatic rings. The molecule has 28 heavy (non-hydrogen) atoms. The molecule has 0 aliphatic carbocycles. The Labute approximate surface area is 178 Å². The van der Waals surface area contributed by atoms with Gasteiger partial charge in [-0.05, 0) is 72.1 Å². The lowest BCUT2D eigenvalue weighted by molar-refractivity contribution is 0.415. The standard InChI is InChI=1S/C22H25FN2O.2ClH/c1-26-21-9-6-18-14-16(2-3-19(18)15-21)10-12-25-13-11-22(24)17-4-7-20(23)8-5-17;;/h2-9,14-15,22,25H,10-13,24H2,1H3;2*1H. The van der Waals surface area contributed by atoms with Gasteiger partial charge in [-0.25, -0.2) is 4.39 Å². The van der Waals surface area contributed by atoms with Gasteiger partial charge >= 0.3 is 0 Å². The van der Waals surface area contributed by atoms with Crippen molar-refractivity contribution in [2.45, 2.75) is 18.9 Å². The zero-order valence-electron chi connectivity index (χ0n) is 15.9. The number of nitrogens with two attached hydrogens (primary N) is 1. The van der Waals surface area contributed by atoms with Gasteiger partial charge in [0.2, 0.25) is 0 Å². The maximum absolute atomic E-state index is 12.9. The van der Waals surface area contributed by atoms with Crippen molar-refractivity contribution in [3.63, 3.8) is 0 Å². The van der Waals surface area contributed by atoms with Crippen LogP contribution in [0.3, 0.4) is 0 Å². The predicted octanol–water partition coefficient (Wildman–Crippen LogP) is 5.05. The maximum atomic E-state index is 12.9. The Bertz CT molecular complexity index is 859. The molecule has 0 saturated heterocycles. The molecule has 0 heterocycles. The van der Waals surface area contributed by atoms with Crippen LogP contribution in [-0.2, 0) is 6.42 Å². The topological polar surface area (TPSA) is 47.3 Å². The van der Waals surface area contributed by atoms with Crippen LogP contribution in [0.5, 0.6) is 5.75 Å².